The van der Waals surface area contributed by atoms with Gasteiger partial charge in [0.1, 0.15) is 11.6 Å². The van der Waals surface area contributed by atoms with Crippen molar-refractivity contribution < 1.29 is 13.2 Å². The van der Waals surface area contributed by atoms with Crippen molar-refractivity contribution in [3.05, 3.63) is 36.0 Å². The van der Waals surface area contributed by atoms with E-state index in [4.69, 9.17) is 0 Å². The maximum absolute atomic E-state index is 12.2. The zero-order valence-corrected chi connectivity index (χ0v) is 19.7. The quantitative estimate of drug-likeness (QED) is 0.510. The summed E-state index contributed by atoms with van der Waals surface area (Å²) in [4.78, 5) is 20.6. The van der Waals surface area contributed by atoms with Gasteiger partial charge in [-0.25, -0.2) is 13.4 Å². The molecule has 1 N–H and O–H groups in total. The number of anilines is 2. The fraction of sp³-hybridized carbons (Fsp3) is 0.476. The van der Waals surface area contributed by atoms with Gasteiger partial charge in [0.25, 0.3) is 5.91 Å². The standard InChI is InChI=1S/C21H27N5O3S2/c1-14(2)10-23-20(27)15(9-22)11-24-21-26(17-7-5-16(6-8-17)25(3)4)18-12-31(28,29)13-19(18)30-21/h5-8,11,14,18-19H,10,12-13H2,1-4H3,(H,23,27)/b15-11+,24-21?/t18-,19-/m1/s1. The van der Waals surface area contributed by atoms with E-state index < -0.39 is 15.7 Å². The normalized spacial score (nSPS) is 23.7. The minimum absolute atomic E-state index is 0.0583. The van der Waals surface area contributed by atoms with Crippen molar-refractivity contribution in [3.63, 3.8) is 0 Å². The van der Waals surface area contributed by atoms with Crippen LogP contribution in [0, 0.1) is 17.2 Å². The number of benzene rings is 1. The van der Waals surface area contributed by atoms with Gasteiger partial charge in [-0.1, -0.05) is 25.6 Å². The van der Waals surface area contributed by atoms with E-state index in [2.05, 4.69) is 10.3 Å². The number of amidine groups is 1. The summed E-state index contributed by atoms with van der Waals surface area (Å²) in [6, 6.07) is 9.46. The summed E-state index contributed by atoms with van der Waals surface area (Å²) < 4.78 is 24.4. The fourth-order valence-corrected chi connectivity index (χ4v) is 7.33. The summed E-state index contributed by atoms with van der Waals surface area (Å²) in [6.45, 7) is 4.41. The second-order valence-electron chi connectivity index (χ2n) is 8.25. The summed E-state index contributed by atoms with van der Waals surface area (Å²) in [5.74, 6) is -0.0455. The third-order valence-corrected chi connectivity index (χ3v) is 8.27. The first-order chi connectivity index (χ1) is 14.6. The van der Waals surface area contributed by atoms with Crippen LogP contribution < -0.4 is 15.1 Å². The highest BCUT2D eigenvalue weighted by molar-refractivity contribution is 8.16. The number of nitrogens with zero attached hydrogens (tertiary/aromatic N) is 4. The number of nitriles is 1. The number of fused-ring (bicyclic) bond motifs is 1. The minimum atomic E-state index is -3.11. The molecule has 1 amide bonds. The Morgan fingerprint density at radius 1 is 1.35 bits per heavy atom. The summed E-state index contributed by atoms with van der Waals surface area (Å²) in [5.41, 5.74) is 1.78. The Morgan fingerprint density at radius 3 is 2.61 bits per heavy atom. The predicted octanol–water partition coefficient (Wildman–Crippen LogP) is 2.01. The molecule has 31 heavy (non-hydrogen) atoms. The lowest BCUT2D eigenvalue weighted by atomic mass is 10.2. The van der Waals surface area contributed by atoms with Crippen molar-refractivity contribution in [2.24, 2.45) is 10.9 Å². The molecular formula is C21H27N5O3S2. The molecule has 1 aromatic rings. The van der Waals surface area contributed by atoms with Crippen LogP contribution in [0.1, 0.15) is 13.8 Å². The molecule has 0 unspecified atom stereocenters. The third kappa shape index (κ3) is 5.40. The lowest BCUT2D eigenvalue weighted by Gasteiger charge is -2.25. The zero-order chi connectivity index (χ0) is 22.8. The number of hydrogen-bond donors (Lipinski definition) is 1. The number of amides is 1. The van der Waals surface area contributed by atoms with E-state index in [0.29, 0.717) is 11.7 Å². The van der Waals surface area contributed by atoms with E-state index in [0.717, 1.165) is 11.4 Å². The first-order valence-corrected chi connectivity index (χ1v) is 12.7. The lowest BCUT2D eigenvalue weighted by Crippen LogP contribution is -2.37. The molecule has 0 aromatic heterocycles. The number of rotatable bonds is 6. The van der Waals surface area contributed by atoms with Gasteiger partial charge in [-0.05, 0) is 30.2 Å². The molecule has 2 aliphatic rings. The van der Waals surface area contributed by atoms with E-state index in [1.54, 1.807) is 0 Å². The largest absolute Gasteiger partial charge is 0.378 e. The Bertz CT molecular complexity index is 1040. The van der Waals surface area contributed by atoms with Crippen molar-refractivity contribution in [1.29, 1.82) is 5.26 Å². The first kappa shape index (κ1) is 23.2. The SMILES string of the molecule is CC(C)CNC(=O)/C(C#N)=C/N=C1S[C@@H]2CS(=O)(=O)C[C@H]2N1c1ccc(N(C)C)cc1. The van der Waals surface area contributed by atoms with E-state index in [1.807, 2.05) is 68.1 Å². The van der Waals surface area contributed by atoms with Crippen LogP contribution in [0.4, 0.5) is 11.4 Å². The molecule has 0 saturated carbocycles. The van der Waals surface area contributed by atoms with Crippen LogP contribution in [0.3, 0.4) is 0 Å². The molecule has 1 aromatic carbocycles. The van der Waals surface area contributed by atoms with Gasteiger partial charge in [0.15, 0.2) is 15.0 Å². The Hall–Kier alpha value is -2.51. The second kappa shape index (κ2) is 9.32. The molecule has 10 heteroatoms. The molecular weight excluding hydrogens is 434 g/mol. The van der Waals surface area contributed by atoms with Crippen molar-refractivity contribution in [3.8, 4) is 6.07 Å². The van der Waals surface area contributed by atoms with Crippen molar-refractivity contribution >= 4 is 44.0 Å². The summed E-state index contributed by atoms with van der Waals surface area (Å²) in [7, 11) is 0.786. The van der Waals surface area contributed by atoms with Gasteiger partial charge < -0.3 is 15.1 Å². The Labute approximate surface area is 187 Å². The Kier molecular flexibility index (Phi) is 6.96. The average molecular weight is 462 g/mol. The number of hydrogen-bond acceptors (Lipinski definition) is 7. The van der Waals surface area contributed by atoms with Crippen LogP contribution in [0.25, 0.3) is 0 Å². The predicted molar refractivity (Wildman–Crippen MR) is 126 cm³/mol. The molecule has 166 valence electrons. The van der Waals surface area contributed by atoms with Crippen LogP contribution >= 0.6 is 11.8 Å². The maximum atomic E-state index is 12.2. The van der Waals surface area contributed by atoms with Crippen LogP contribution in [0.2, 0.25) is 0 Å². The van der Waals surface area contributed by atoms with Gasteiger partial charge in [-0.2, -0.15) is 5.26 Å². The topological polar surface area (TPSA) is 106 Å². The number of aliphatic imine (C=N–C) groups is 1. The number of nitrogens with one attached hydrogen (secondary N) is 1. The van der Waals surface area contributed by atoms with Gasteiger partial charge in [-0.3, -0.25) is 4.79 Å². The van der Waals surface area contributed by atoms with E-state index >= 15 is 0 Å². The van der Waals surface area contributed by atoms with Crippen molar-refractivity contribution in [2.45, 2.75) is 25.1 Å². The summed E-state index contributed by atoms with van der Waals surface area (Å²) >= 11 is 1.38. The third-order valence-electron chi connectivity index (χ3n) is 5.05. The molecule has 2 heterocycles. The highest BCUT2D eigenvalue weighted by Gasteiger charge is 2.49. The van der Waals surface area contributed by atoms with Crippen LogP contribution in [0.15, 0.2) is 41.0 Å². The van der Waals surface area contributed by atoms with Gasteiger partial charge in [0, 0.05) is 37.3 Å². The molecule has 0 bridgehead atoms. The average Bonchev–Trinajstić information content (AvgIpc) is 3.17. The second-order valence-corrected chi connectivity index (χ2v) is 11.6. The highest BCUT2D eigenvalue weighted by Crippen LogP contribution is 2.41. The Morgan fingerprint density at radius 2 is 2.03 bits per heavy atom. The van der Waals surface area contributed by atoms with Crippen LogP contribution in [-0.4, -0.2) is 62.9 Å². The van der Waals surface area contributed by atoms with E-state index in [-0.39, 0.29) is 34.3 Å². The van der Waals surface area contributed by atoms with Gasteiger partial charge in [-0.15, -0.1) is 0 Å². The summed E-state index contributed by atoms with van der Waals surface area (Å²) in [6.07, 6.45) is 1.27. The fourth-order valence-electron chi connectivity index (χ4n) is 3.44. The van der Waals surface area contributed by atoms with Crippen molar-refractivity contribution in [1.82, 2.24) is 5.32 Å². The Balaban J connectivity index is 1.92. The number of carbonyl (C=O) groups is 1. The van der Waals surface area contributed by atoms with Crippen molar-refractivity contribution in [2.75, 3.05) is 41.9 Å². The molecule has 8 nitrogen and oxygen atoms in total. The molecule has 0 radical (unpaired) electrons. The molecule has 2 aliphatic heterocycles. The minimum Gasteiger partial charge on any atom is -0.378 e. The highest BCUT2D eigenvalue weighted by atomic mass is 32.2. The van der Waals surface area contributed by atoms with Crippen LogP contribution in [0.5, 0.6) is 0 Å². The maximum Gasteiger partial charge on any atom is 0.263 e. The molecule has 2 fully saturated rings. The molecule has 0 spiro atoms. The molecule has 0 aliphatic carbocycles. The molecule has 3 rings (SSSR count). The number of carbonyl (C=O) groups excluding carboxylic acids is 1. The van der Waals surface area contributed by atoms with Gasteiger partial charge in [0.2, 0.25) is 0 Å². The summed E-state index contributed by atoms with van der Waals surface area (Å²) in [5, 5.41) is 12.6. The van der Waals surface area contributed by atoms with Gasteiger partial charge in [0.05, 0.1) is 23.7 Å². The number of sulfone groups is 1. The monoisotopic (exact) mass is 461 g/mol. The number of thioether (sulfide) groups is 1. The molecule has 2 atom stereocenters. The lowest BCUT2D eigenvalue weighted by molar-refractivity contribution is -0.117. The van der Waals surface area contributed by atoms with Crippen LogP contribution in [-0.2, 0) is 14.6 Å². The smallest absolute Gasteiger partial charge is 0.263 e. The first-order valence-electron chi connectivity index (χ1n) is 10.0. The van der Waals surface area contributed by atoms with E-state index in [1.165, 1.54) is 18.0 Å². The molecule has 2 saturated heterocycles. The van der Waals surface area contributed by atoms with Gasteiger partial charge >= 0.3 is 0 Å². The van der Waals surface area contributed by atoms with E-state index in [9.17, 15) is 18.5 Å². The zero-order valence-electron chi connectivity index (χ0n) is 18.1.